The van der Waals surface area contributed by atoms with Crippen molar-refractivity contribution >= 4 is 45.1 Å². The Hall–Kier alpha value is -1.82. The predicted octanol–water partition coefficient (Wildman–Crippen LogP) is 5.55. The molecule has 0 aliphatic carbocycles. The Morgan fingerprint density at radius 1 is 1.20 bits per heavy atom. The molecule has 3 rings (SSSR count). The molecule has 128 valence electrons. The molecule has 0 N–H and O–H groups in total. The Labute approximate surface area is 163 Å². The molecule has 0 saturated heterocycles. The summed E-state index contributed by atoms with van der Waals surface area (Å²) < 4.78 is 8.44. The fourth-order valence-electron chi connectivity index (χ4n) is 2.33. The highest BCUT2D eigenvalue weighted by Crippen LogP contribution is 2.30. The normalized spacial score (nSPS) is 12.0. The Morgan fingerprint density at radius 3 is 2.60 bits per heavy atom. The van der Waals surface area contributed by atoms with Crippen molar-refractivity contribution in [3.8, 4) is 0 Å². The van der Waals surface area contributed by atoms with Crippen LogP contribution < -0.4 is 0 Å². The zero-order valence-corrected chi connectivity index (χ0v) is 16.0. The second kappa shape index (κ2) is 8.04. The van der Waals surface area contributed by atoms with Gasteiger partial charge in [0, 0.05) is 32.5 Å². The summed E-state index contributed by atoms with van der Waals surface area (Å²) in [5.74, 6) is -0.427. The summed E-state index contributed by atoms with van der Waals surface area (Å²) in [5, 5.41) is 0.968. The van der Waals surface area contributed by atoms with Gasteiger partial charge in [0.1, 0.15) is 6.10 Å². The average Bonchev–Trinajstić information content (AvgIpc) is 3.08. The molecule has 25 heavy (non-hydrogen) atoms. The average molecular weight is 440 g/mol. The highest BCUT2D eigenvalue weighted by molar-refractivity contribution is 9.10. The quantitative estimate of drug-likeness (QED) is 0.489. The zero-order chi connectivity index (χ0) is 17.8. The fourth-order valence-corrected chi connectivity index (χ4v) is 3.13. The number of carbonyl (C=O) groups is 1. The fraction of sp³-hybridized carbons (Fsp3) is 0.111. The third-order valence-electron chi connectivity index (χ3n) is 3.57. The predicted molar refractivity (Wildman–Crippen MR) is 101 cm³/mol. The Kier molecular flexibility index (Phi) is 5.78. The Bertz CT molecular complexity index is 867. The Balaban J connectivity index is 1.87. The summed E-state index contributed by atoms with van der Waals surface area (Å²) >= 11 is 15.6. The molecule has 1 unspecified atom stereocenters. The molecular formula is C18H13BrCl2N2O2. The molecule has 3 aromatic rings. The van der Waals surface area contributed by atoms with Crippen LogP contribution in [0.25, 0.3) is 0 Å². The van der Waals surface area contributed by atoms with Gasteiger partial charge in [-0.05, 0) is 36.4 Å². The van der Waals surface area contributed by atoms with Crippen LogP contribution >= 0.6 is 39.1 Å². The molecule has 0 aliphatic heterocycles. The van der Waals surface area contributed by atoms with Crippen molar-refractivity contribution in [3.63, 3.8) is 0 Å². The van der Waals surface area contributed by atoms with Gasteiger partial charge in [-0.25, -0.2) is 9.78 Å². The third-order valence-corrected chi connectivity index (χ3v) is 4.67. The lowest BCUT2D eigenvalue weighted by molar-refractivity contribution is 0.0255. The number of halogens is 3. The summed E-state index contributed by atoms with van der Waals surface area (Å²) in [6.07, 6.45) is 4.54. The van der Waals surface area contributed by atoms with Gasteiger partial charge in [0.25, 0.3) is 0 Å². The minimum Gasteiger partial charge on any atom is -0.452 e. The maximum absolute atomic E-state index is 12.5. The van der Waals surface area contributed by atoms with E-state index < -0.39 is 12.1 Å². The SMILES string of the molecule is O=C(OC(Cn1ccnc1)c1ccc(Cl)cc1Cl)c1ccc(Br)cc1. The lowest BCUT2D eigenvalue weighted by Gasteiger charge is -2.20. The molecule has 7 heteroatoms. The smallest absolute Gasteiger partial charge is 0.338 e. The summed E-state index contributed by atoms with van der Waals surface area (Å²) in [7, 11) is 0. The highest BCUT2D eigenvalue weighted by atomic mass is 79.9. The van der Waals surface area contributed by atoms with E-state index >= 15 is 0 Å². The van der Waals surface area contributed by atoms with E-state index in [2.05, 4.69) is 20.9 Å². The first kappa shape index (κ1) is 18.0. The van der Waals surface area contributed by atoms with E-state index in [1.54, 1.807) is 61.2 Å². The van der Waals surface area contributed by atoms with Gasteiger partial charge in [-0.2, -0.15) is 0 Å². The first-order chi connectivity index (χ1) is 12.0. The van der Waals surface area contributed by atoms with Gasteiger partial charge in [-0.1, -0.05) is 45.2 Å². The minimum atomic E-state index is -0.574. The van der Waals surface area contributed by atoms with Crippen LogP contribution in [0.4, 0.5) is 0 Å². The van der Waals surface area contributed by atoms with Gasteiger partial charge < -0.3 is 9.30 Å². The van der Waals surface area contributed by atoms with Crippen molar-refractivity contribution in [2.75, 3.05) is 0 Å². The second-order valence-corrected chi connectivity index (χ2v) is 7.09. The lowest BCUT2D eigenvalue weighted by atomic mass is 10.1. The molecule has 0 saturated carbocycles. The topological polar surface area (TPSA) is 44.1 Å². The van der Waals surface area contributed by atoms with E-state index in [1.807, 2.05) is 4.57 Å². The molecule has 0 aliphatic rings. The number of benzene rings is 2. The van der Waals surface area contributed by atoms with E-state index in [1.165, 1.54) is 0 Å². The lowest BCUT2D eigenvalue weighted by Crippen LogP contribution is -2.17. The molecular weight excluding hydrogens is 427 g/mol. The van der Waals surface area contributed by atoms with Crippen LogP contribution in [0.15, 0.2) is 65.7 Å². The number of imidazole rings is 1. The van der Waals surface area contributed by atoms with E-state index in [0.717, 1.165) is 4.47 Å². The van der Waals surface area contributed by atoms with E-state index in [-0.39, 0.29) is 0 Å². The van der Waals surface area contributed by atoms with Gasteiger partial charge in [0.05, 0.1) is 18.4 Å². The minimum absolute atomic E-state index is 0.392. The molecule has 4 nitrogen and oxygen atoms in total. The highest BCUT2D eigenvalue weighted by Gasteiger charge is 2.21. The van der Waals surface area contributed by atoms with Gasteiger partial charge >= 0.3 is 5.97 Å². The largest absolute Gasteiger partial charge is 0.452 e. The van der Waals surface area contributed by atoms with Gasteiger partial charge in [-0.3, -0.25) is 0 Å². The summed E-state index contributed by atoms with van der Waals surface area (Å²) in [6.45, 7) is 0.392. The van der Waals surface area contributed by atoms with Crippen molar-refractivity contribution in [3.05, 3.63) is 86.8 Å². The number of ether oxygens (including phenoxy) is 1. The molecule has 0 amide bonds. The van der Waals surface area contributed by atoms with Gasteiger partial charge in [0.15, 0.2) is 0 Å². The number of hydrogen-bond acceptors (Lipinski definition) is 3. The Morgan fingerprint density at radius 2 is 1.96 bits per heavy atom. The maximum atomic E-state index is 12.5. The van der Waals surface area contributed by atoms with Crippen molar-refractivity contribution < 1.29 is 9.53 Å². The first-order valence-electron chi connectivity index (χ1n) is 7.40. The van der Waals surface area contributed by atoms with Crippen LogP contribution in [0.5, 0.6) is 0 Å². The second-order valence-electron chi connectivity index (χ2n) is 5.33. The van der Waals surface area contributed by atoms with Crippen LogP contribution in [-0.4, -0.2) is 15.5 Å². The summed E-state index contributed by atoms with van der Waals surface area (Å²) in [5.41, 5.74) is 1.15. The molecule has 0 radical (unpaired) electrons. The van der Waals surface area contributed by atoms with Crippen LogP contribution in [0.1, 0.15) is 22.0 Å². The van der Waals surface area contributed by atoms with Crippen molar-refractivity contribution in [2.24, 2.45) is 0 Å². The monoisotopic (exact) mass is 438 g/mol. The molecule has 0 spiro atoms. The van der Waals surface area contributed by atoms with Crippen LogP contribution in [-0.2, 0) is 11.3 Å². The van der Waals surface area contributed by atoms with E-state index in [4.69, 9.17) is 27.9 Å². The molecule has 1 heterocycles. The number of carbonyl (C=O) groups excluding carboxylic acids is 1. The molecule has 0 bridgehead atoms. The van der Waals surface area contributed by atoms with E-state index in [0.29, 0.717) is 27.7 Å². The maximum Gasteiger partial charge on any atom is 0.338 e. The van der Waals surface area contributed by atoms with Gasteiger partial charge in [-0.15, -0.1) is 0 Å². The van der Waals surface area contributed by atoms with Crippen LogP contribution in [0.2, 0.25) is 10.0 Å². The summed E-state index contributed by atoms with van der Waals surface area (Å²) in [6, 6.07) is 12.1. The molecule has 1 atom stereocenters. The number of rotatable bonds is 5. The van der Waals surface area contributed by atoms with E-state index in [9.17, 15) is 4.79 Å². The van der Waals surface area contributed by atoms with Crippen LogP contribution in [0.3, 0.4) is 0 Å². The van der Waals surface area contributed by atoms with Crippen molar-refractivity contribution in [1.29, 1.82) is 0 Å². The van der Waals surface area contributed by atoms with Gasteiger partial charge in [0.2, 0.25) is 0 Å². The van der Waals surface area contributed by atoms with Crippen LogP contribution in [0, 0.1) is 0 Å². The zero-order valence-electron chi connectivity index (χ0n) is 12.9. The first-order valence-corrected chi connectivity index (χ1v) is 8.95. The van der Waals surface area contributed by atoms with Crippen molar-refractivity contribution in [2.45, 2.75) is 12.6 Å². The molecule has 1 aromatic heterocycles. The van der Waals surface area contributed by atoms with Crippen molar-refractivity contribution in [1.82, 2.24) is 9.55 Å². The molecule has 0 fully saturated rings. The third kappa shape index (κ3) is 4.63. The standard InChI is InChI=1S/C18H13BrCl2N2O2/c19-13-3-1-12(2-4-13)18(24)25-17(10-23-8-7-22-11-23)15-6-5-14(20)9-16(15)21/h1-9,11,17H,10H2. The number of hydrogen-bond donors (Lipinski definition) is 0. The number of aromatic nitrogens is 2. The summed E-state index contributed by atoms with van der Waals surface area (Å²) in [4.78, 5) is 16.5. The molecule has 2 aromatic carbocycles. The number of esters is 1. The number of nitrogens with zero attached hydrogens (tertiary/aromatic N) is 2.